The molecule has 0 aromatic rings. The highest BCUT2D eigenvalue weighted by atomic mass is 31.2. The summed E-state index contributed by atoms with van der Waals surface area (Å²) in [6.45, 7) is 0. The molecule has 0 fully saturated rings. The lowest BCUT2D eigenvalue weighted by Crippen LogP contribution is -1.66. The van der Waals surface area contributed by atoms with Crippen LogP contribution >= 0.6 is 39.1 Å². The molecule has 0 amide bonds. The molecule has 0 bridgehead atoms. The first kappa shape index (κ1) is 41.5. The first-order valence-corrected chi connectivity index (χ1v) is 11.7. The molecule has 0 spiro atoms. The van der Waals surface area contributed by atoms with Crippen LogP contribution in [0.3, 0.4) is 0 Å². The lowest BCUT2D eigenvalue weighted by Gasteiger charge is -1.82. The minimum Gasteiger partial charge on any atom is -0.303 e. The fourth-order valence-corrected chi connectivity index (χ4v) is 0. The van der Waals surface area contributed by atoms with Gasteiger partial charge in [-0.3, -0.25) is 0 Å². The lowest BCUT2D eigenvalue weighted by molar-refractivity contribution is 0.272. The summed E-state index contributed by atoms with van der Waals surface area (Å²) in [6.07, 6.45) is 0. The Kier molecular flexibility index (Phi) is 27.1. The van der Waals surface area contributed by atoms with E-state index in [4.69, 9.17) is 96.2 Å². The first-order valence-electron chi connectivity index (χ1n) is 3.91. The average molecular weight is 520 g/mol. The summed E-state index contributed by atoms with van der Waals surface area (Å²) in [7, 11) is -23.2. The van der Waals surface area contributed by atoms with Crippen molar-refractivity contribution in [2.24, 2.45) is 0 Å². The Hall–Kier alpha value is 1.08. The van der Waals surface area contributed by atoms with Crippen LogP contribution in [0.2, 0.25) is 0 Å². The summed E-state index contributed by atoms with van der Waals surface area (Å²) in [5.41, 5.74) is 0. The molecule has 0 aliphatic rings. The maximum atomic E-state index is 8.88. The molecule has 0 atom stereocenters. The third-order valence-corrected chi connectivity index (χ3v) is 0. The van der Waals surface area contributed by atoms with Crippen LogP contribution in [0.15, 0.2) is 0 Å². The fourth-order valence-electron chi connectivity index (χ4n) is 0. The highest BCUT2D eigenvalue weighted by Crippen LogP contribution is 2.27. The van der Waals surface area contributed by atoms with E-state index in [1.165, 1.54) is 0 Å². The molecule has 0 rings (SSSR count). The maximum Gasteiger partial charge on any atom is 0.466 e. The van der Waals surface area contributed by atoms with Crippen LogP contribution < -0.4 is 0 Å². The van der Waals surface area contributed by atoms with Crippen molar-refractivity contribution < 1.29 is 96.2 Å². The largest absolute Gasteiger partial charge is 0.466 e. The molecule has 0 aliphatic heterocycles. The second-order valence-corrected chi connectivity index (χ2v) is 7.70. The highest BCUT2D eigenvalue weighted by molar-refractivity contribution is 7.46. The van der Waals surface area contributed by atoms with Gasteiger partial charge in [0.05, 0.1) is 0 Å². The van der Waals surface area contributed by atoms with Gasteiger partial charge in [-0.15, -0.1) is 0 Å². The van der Waals surface area contributed by atoms with Crippen molar-refractivity contribution in [1.82, 2.24) is 0 Å². The lowest BCUT2D eigenvalue weighted by atomic mass is 15.8. The number of hydrogen-bond donors (Lipinski definition) is 15. The zero-order chi connectivity index (χ0) is 22.5. The second-order valence-electron chi connectivity index (χ2n) is 2.57. The van der Waals surface area contributed by atoms with E-state index in [9.17, 15) is 0 Å². The van der Waals surface area contributed by atoms with Gasteiger partial charge in [0, 0.05) is 0 Å². The van der Waals surface area contributed by atoms with Gasteiger partial charge in [-0.05, 0) is 0 Å². The van der Waals surface area contributed by atoms with E-state index in [0.717, 1.165) is 0 Å². The standard InChI is InChI=1S/Al.5H3O4P.3H/c;5*1-5(2,3)4;;;/h;5*(H3,1,2,3,4);;;. The Bertz CT molecular complexity index is 371. The molecular weight excluding hydrogens is 502 g/mol. The van der Waals surface area contributed by atoms with Gasteiger partial charge in [0.15, 0.2) is 17.4 Å². The maximum absolute atomic E-state index is 8.88. The third-order valence-electron chi connectivity index (χ3n) is 0. The van der Waals surface area contributed by atoms with Crippen LogP contribution in [0, 0.1) is 0 Å². The molecule has 0 radical (unpaired) electrons. The van der Waals surface area contributed by atoms with Crippen molar-refractivity contribution in [3.05, 3.63) is 0 Å². The molecule has 15 N–H and O–H groups in total. The van der Waals surface area contributed by atoms with E-state index in [1.807, 2.05) is 0 Å². The number of phosphoric acid groups is 5. The van der Waals surface area contributed by atoms with Gasteiger partial charge < -0.3 is 73.4 Å². The molecule has 0 unspecified atom stereocenters. The van der Waals surface area contributed by atoms with E-state index >= 15 is 0 Å². The molecule has 26 heteroatoms. The molecule has 166 valence electrons. The Morgan fingerprint density at radius 2 is 0.269 bits per heavy atom. The van der Waals surface area contributed by atoms with Gasteiger partial charge >= 0.3 is 39.1 Å². The quantitative estimate of drug-likeness (QED) is 0.104. The van der Waals surface area contributed by atoms with Gasteiger partial charge in [-0.2, -0.15) is 0 Å². The van der Waals surface area contributed by atoms with Gasteiger partial charge in [0.1, 0.15) is 0 Å². The van der Waals surface area contributed by atoms with Crippen LogP contribution in [0.25, 0.3) is 0 Å². The van der Waals surface area contributed by atoms with Gasteiger partial charge in [0.25, 0.3) is 0 Å². The molecular formula is H18AlO20P5. The van der Waals surface area contributed by atoms with E-state index in [1.54, 1.807) is 0 Å². The zero-order valence-electron chi connectivity index (χ0n) is 11.0. The summed E-state index contributed by atoms with van der Waals surface area (Å²) in [6, 6.07) is 0. The summed E-state index contributed by atoms with van der Waals surface area (Å²) >= 11 is 0. The van der Waals surface area contributed by atoms with Crippen LogP contribution in [0.5, 0.6) is 0 Å². The Labute approximate surface area is 153 Å². The van der Waals surface area contributed by atoms with Crippen molar-refractivity contribution in [1.29, 1.82) is 0 Å². The van der Waals surface area contributed by atoms with E-state index < -0.39 is 39.1 Å². The molecule has 0 aliphatic carbocycles. The smallest absolute Gasteiger partial charge is 0.303 e. The summed E-state index contributed by atoms with van der Waals surface area (Å²) < 4.78 is 44.4. The third kappa shape index (κ3) is 12400. The predicted molar refractivity (Wildman–Crippen MR) is 81.3 cm³/mol. The molecule has 20 nitrogen and oxygen atoms in total. The van der Waals surface area contributed by atoms with Gasteiger partial charge in [-0.1, -0.05) is 0 Å². The van der Waals surface area contributed by atoms with Crippen LogP contribution in [-0.2, 0) is 22.8 Å². The van der Waals surface area contributed by atoms with Crippen molar-refractivity contribution >= 4 is 56.5 Å². The number of rotatable bonds is 0. The van der Waals surface area contributed by atoms with E-state index in [0.29, 0.717) is 0 Å². The molecule has 0 heterocycles. The van der Waals surface area contributed by atoms with Gasteiger partial charge in [-0.25, -0.2) is 22.8 Å². The minimum atomic E-state index is -4.64. The van der Waals surface area contributed by atoms with E-state index in [2.05, 4.69) is 0 Å². The molecule has 26 heavy (non-hydrogen) atoms. The summed E-state index contributed by atoms with van der Waals surface area (Å²) in [5.74, 6) is 0. The van der Waals surface area contributed by atoms with Crippen molar-refractivity contribution in [2.75, 3.05) is 0 Å². The fraction of sp³-hybridized carbons (Fsp3) is 0. The molecule has 0 saturated carbocycles. The second kappa shape index (κ2) is 17.0. The summed E-state index contributed by atoms with van der Waals surface area (Å²) in [5, 5.41) is 0. The van der Waals surface area contributed by atoms with Crippen molar-refractivity contribution in [2.45, 2.75) is 0 Å². The molecule has 0 aromatic carbocycles. The summed E-state index contributed by atoms with van der Waals surface area (Å²) in [4.78, 5) is 108. The number of hydrogen-bond acceptors (Lipinski definition) is 5. The SMILES string of the molecule is O=P(O)(O)O.O=P(O)(O)O.O=P(O)(O)O.O=P(O)(O)O.O=P(O)(O)O.[AlH3]. The topological polar surface area (TPSA) is 389 Å². The van der Waals surface area contributed by atoms with E-state index in [-0.39, 0.29) is 17.4 Å². The minimum absolute atomic E-state index is 0. The molecule has 0 saturated heterocycles. The van der Waals surface area contributed by atoms with Crippen LogP contribution in [-0.4, -0.2) is 90.8 Å². The van der Waals surface area contributed by atoms with Crippen molar-refractivity contribution in [3.63, 3.8) is 0 Å². The Balaban J connectivity index is -0.0000000476. The Morgan fingerprint density at radius 1 is 0.269 bits per heavy atom. The zero-order valence-corrected chi connectivity index (χ0v) is 15.5. The van der Waals surface area contributed by atoms with Crippen LogP contribution in [0.4, 0.5) is 0 Å². The first-order chi connectivity index (χ1) is 10.0. The monoisotopic (exact) mass is 520 g/mol. The normalized spacial score (nSPS) is 11.3. The highest BCUT2D eigenvalue weighted by Gasteiger charge is 2.01. The molecule has 0 aromatic heterocycles. The predicted octanol–water partition coefficient (Wildman–Crippen LogP) is -5.83. The average Bonchev–Trinajstić information content (AvgIpc) is 1.79. The van der Waals surface area contributed by atoms with Gasteiger partial charge in [0.2, 0.25) is 0 Å². The Morgan fingerprint density at radius 3 is 0.269 bits per heavy atom. The van der Waals surface area contributed by atoms with Crippen molar-refractivity contribution in [3.8, 4) is 0 Å². The van der Waals surface area contributed by atoms with Crippen LogP contribution in [0.1, 0.15) is 0 Å².